The van der Waals surface area contributed by atoms with Crippen molar-refractivity contribution in [1.82, 2.24) is 0 Å². The van der Waals surface area contributed by atoms with Gasteiger partial charge in [0.2, 0.25) is 0 Å². The Morgan fingerprint density at radius 3 is 1.26 bits per heavy atom. The van der Waals surface area contributed by atoms with Crippen molar-refractivity contribution in [3.8, 4) is 0 Å². The van der Waals surface area contributed by atoms with Crippen LogP contribution in [0.1, 0.15) is 194 Å². The summed E-state index contributed by atoms with van der Waals surface area (Å²) in [6.07, 6.45) is 36.9. The van der Waals surface area contributed by atoms with Crippen molar-refractivity contribution < 1.29 is 63.1 Å². The fourth-order valence-corrected chi connectivity index (χ4v) is 8.24. The molecule has 14 heteroatoms. The predicted octanol–water partition coefficient (Wildman–Crippen LogP) is 10.5. The van der Waals surface area contributed by atoms with Crippen LogP contribution < -0.4 is 0 Å². The number of esters is 2. The maximum Gasteiger partial charge on any atom is 0.472 e. The monoisotopic (exact) mass is 941 g/mol. The number of unbranched alkanes of at least 4 members (excludes halogenated alkanes) is 19. The van der Waals surface area contributed by atoms with Crippen LogP contribution in [0.15, 0.2) is 60.8 Å². The van der Waals surface area contributed by atoms with Crippen LogP contribution in [0.5, 0.6) is 0 Å². The Bertz CT molecular complexity index is 1370. The molecule has 0 heterocycles. The topological polar surface area (TPSA) is 210 Å². The number of ether oxygens (including phenoxy) is 2. The summed E-state index contributed by atoms with van der Waals surface area (Å²) >= 11 is 0. The third-order valence-corrected chi connectivity index (χ3v) is 12.3. The minimum Gasteiger partial charge on any atom is -0.462 e. The van der Waals surface area contributed by atoms with Gasteiger partial charge >= 0.3 is 19.8 Å². The van der Waals surface area contributed by atoms with Gasteiger partial charge in [-0.3, -0.25) is 18.6 Å². The van der Waals surface area contributed by atoms with E-state index in [1.165, 1.54) is 70.6 Å². The van der Waals surface area contributed by atoms with Gasteiger partial charge in [0.15, 0.2) is 6.10 Å². The van der Waals surface area contributed by atoms with Gasteiger partial charge in [-0.25, -0.2) is 4.57 Å². The van der Waals surface area contributed by atoms with E-state index in [0.717, 1.165) is 83.5 Å². The summed E-state index contributed by atoms with van der Waals surface area (Å²) in [5.74, 6) is -1.13. The van der Waals surface area contributed by atoms with Gasteiger partial charge in [0.25, 0.3) is 0 Å². The summed E-state index contributed by atoms with van der Waals surface area (Å²) in [5, 5.41) is 50.2. The van der Waals surface area contributed by atoms with E-state index in [4.69, 9.17) is 18.5 Å². The number of phosphoric acid groups is 1. The summed E-state index contributed by atoms with van der Waals surface area (Å²) in [5.41, 5.74) is 0. The molecular formula is C51H89O13P. The lowest BCUT2D eigenvalue weighted by Crippen LogP contribution is -2.64. The molecule has 0 spiro atoms. The van der Waals surface area contributed by atoms with Crippen LogP contribution in [-0.4, -0.2) is 98.3 Å². The molecule has 1 aliphatic rings. The summed E-state index contributed by atoms with van der Waals surface area (Å²) in [6.45, 7) is 3.23. The van der Waals surface area contributed by atoms with Crippen LogP contribution in [-0.2, 0) is 32.7 Å². The van der Waals surface area contributed by atoms with Gasteiger partial charge in [0, 0.05) is 12.8 Å². The molecule has 1 fully saturated rings. The first-order valence-corrected chi connectivity index (χ1v) is 26.6. The largest absolute Gasteiger partial charge is 0.472 e. The minimum absolute atomic E-state index is 0.0845. The summed E-state index contributed by atoms with van der Waals surface area (Å²) in [4.78, 5) is 35.8. The summed E-state index contributed by atoms with van der Waals surface area (Å²) in [7, 11) is -5.13. The van der Waals surface area contributed by atoms with Gasteiger partial charge in [-0.2, -0.15) is 0 Å². The highest BCUT2D eigenvalue weighted by Crippen LogP contribution is 2.47. The van der Waals surface area contributed by atoms with E-state index in [9.17, 15) is 44.6 Å². The summed E-state index contributed by atoms with van der Waals surface area (Å²) < 4.78 is 33.6. The van der Waals surface area contributed by atoms with E-state index in [1.807, 2.05) is 0 Å². The van der Waals surface area contributed by atoms with E-state index < -0.39 is 75.7 Å². The van der Waals surface area contributed by atoms with E-state index in [1.54, 1.807) is 0 Å². The van der Waals surface area contributed by atoms with Gasteiger partial charge in [-0.1, -0.05) is 158 Å². The molecule has 6 N–H and O–H groups in total. The standard InChI is InChI=1S/C51H89O13P/c1-3-5-7-9-11-13-15-17-19-21-22-24-26-28-30-32-34-36-38-40-45(53)63-43(42-62-65(59,60)64-51-49(57)47(55)46(54)48(56)50(51)58)41-61-44(52)39-37-35-33-31-29-27-25-23-20-18-16-14-12-10-8-6-4-2/h11-14,17-20,25,27,43,46-51,54-58H,3-10,15-16,21-24,26,28-42H2,1-2H3,(H,59,60)/b13-11-,14-12-,19-17-,20-18-,27-25-/t43-,46?,47-,48?,49?,50?,51?/m1/s1. The molecule has 13 nitrogen and oxygen atoms in total. The van der Waals surface area contributed by atoms with Crippen molar-refractivity contribution in [2.24, 2.45) is 0 Å². The van der Waals surface area contributed by atoms with E-state index >= 15 is 0 Å². The van der Waals surface area contributed by atoms with Gasteiger partial charge in [0.05, 0.1) is 6.61 Å². The molecule has 8 atom stereocenters. The van der Waals surface area contributed by atoms with Crippen LogP contribution in [0.3, 0.4) is 0 Å². The number of allylic oxidation sites excluding steroid dienone is 10. The first kappa shape index (κ1) is 60.6. The van der Waals surface area contributed by atoms with E-state index in [2.05, 4.69) is 74.6 Å². The number of phosphoric ester groups is 1. The van der Waals surface area contributed by atoms with Crippen LogP contribution in [0.25, 0.3) is 0 Å². The zero-order chi connectivity index (χ0) is 47.8. The molecular weight excluding hydrogens is 852 g/mol. The molecule has 0 radical (unpaired) electrons. The number of hydrogen-bond acceptors (Lipinski definition) is 12. The average Bonchev–Trinajstić information content (AvgIpc) is 3.29. The van der Waals surface area contributed by atoms with Crippen molar-refractivity contribution in [2.45, 2.75) is 236 Å². The second-order valence-electron chi connectivity index (χ2n) is 17.3. The van der Waals surface area contributed by atoms with E-state index in [-0.39, 0.29) is 12.8 Å². The highest BCUT2D eigenvalue weighted by Gasteiger charge is 2.51. The van der Waals surface area contributed by atoms with Gasteiger partial charge in [0.1, 0.15) is 43.2 Å². The summed E-state index contributed by atoms with van der Waals surface area (Å²) in [6, 6.07) is 0. The molecule has 1 saturated carbocycles. The van der Waals surface area contributed by atoms with Crippen LogP contribution in [0.2, 0.25) is 0 Å². The maximum atomic E-state index is 12.8. The first-order valence-electron chi connectivity index (χ1n) is 25.1. The number of carbonyl (C=O) groups is 2. The Morgan fingerprint density at radius 2 is 0.831 bits per heavy atom. The smallest absolute Gasteiger partial charge is 0.462 e. The van der Waals surface area contributed by atoms with Crippen molar-refractivity contribution >= 4 is 19.8 Å². The molecule has 0 aromatic heterocycles. The fraction of sp³-hybridized carbons (Fsp3) is 0.765. The second kappa shape index (κ2) is 40.6. The SMILES string of the molecule is CCCCC/C=C\C/C=C\C/C=C\CCCCCCC(=O)OC[C@H](COP(=O)(O)OC1C(O)C(O)C(O)[C@@H](O)C1O)OC(=O)CCCCCCCCCCC/C=C\C/C=C\CCCCC. The van der Waals surface area contributed by atoms with Crippen LogP contribution in [0.4, 0.5) is 0 Å². The van der Waals surface area contributed by atoms with Gasteiger partial charge in [-0.05, 0) is 83.5 Å². The zero-order valence-corrected chi connectivity index (χ0v) is 40.9. The quantitative estimate of drug-likeness (QED) is 0.0146. The fourth-order valence-electron chi connectivity index (χ4n) is 7.26. The van der Waals surface area contributed by atoms with Crippen molar-refractivity contribution in [2.75, 3.05) is 13.2 Å². The van der Waals surface area contributed by atoms with Crippen molar-refractivity contribution in [1.29, 1.82) is 0 Å². The molecule has 0 bridgehead atoms. The maximum absolute atomic E-state index is 12.8. The van der Waals surface area contributed by atoms with Gasteiger partial charge < -0.3 is 39.9 Å². The molecule has 0 saturated heterocycles. The molecule has 0 aliphatic heterocycles. The lowest BCUT2D eigenvalue weighted by atomic mass is 9.85. The Kier molecular flexibility index (Phi) is 37.8. The third kappa shape index (κ3) is 32.8. The molecule has 0 aromatic carbocycles. The highest BCUT2D eigenvalue weighted by molar-refractivity contribution is 7.47. The minimum atomic E-state index is -5.13. The number of aliphatic hydroxyl groups is 5. The molecule has 0 aromatic rings. The van der Waals surface area contributed by atoms with Crippen molar-refractivity contribution in [3.05, 3.63) is 60.8 Å². The normalized spacial score (nSPS) is 21.9. The first-order chi connectivity index (χ1) is 31.4. The third-order valence-electron chi connectivity index (χ3n) is 11.3. The van der Waals surface area contributed by atoms with Crippen molar-refractivity contribution in [3.63, 3.8) is 0 Å². The Morgan fingerprint density at radius 1 is 0.477 bits per heavy atom. The Labute approximate surface area is 392 Å². The average molecular weight is 941 g/mol. The molecule has 0 amide bonds. The number of carbonyl (C=O) groups excluding carboxylic acids is 2. The molecule has 65 heavy (non-hydrogen) atoms. The van der Waals surface area contributed by atoms with Crippen LogP contribution >= 0.6 is 7.82 Å². The van der Waals surface area contributed by atoms with E-state index in [0.29, 0.717) is 12.8 Å². The highest BCUT2D eigenvalue weighted by atomic mass is 31.2. The zero-order valence-electron chi connectivity index (χ0n) is 40.0. The number of aliphatic hydroxyl groups excluding tert-OH is 5. The molecule has 376 valence electrons. The lowest BCUT2D eigenvalue weighted by Gasteiger charge is -2.41. The van der Waals surface area contributed by atoms with Gasteiger partial charge in [-0.15, -0.1) is 0 Å². The van der Waals surface area contributed by atoms with Crippen LogP contribution in [0, 0.1) is 0 Å². The molecule has 6 unspecified atom stereocenters. The molecule has 1 rings (SSSR count). The number of rotatable bonds is 41. The predicted molar refractivity (Wildman–Crippen MR) is 258 cm³/mol. The second-order valence-corrected chi connectivity index (χ2v) is 18.7. The Balaban J connectivity index is 2.44. The number of hydrogen-bond donors (Lipinski definition) is 6. The lowest BCUT2D eigenvalue weighted by molar-refractivity contribution is -0.220. The Hall–Kier alpha value is -2.45. The molecule has 1 aliphatic carbocycles.